The Bertz CT molecular complexity index is 1230. The van der Waals surface area contributed by atoms with Crippen LogP contribution in [-0.2, 0) is 21.4 Å². The Morgan fingerprint density at radius 2 is 1.88 bits per heavy atom. The van der Waals surface area contributed by atoms with Gasteiger partial charge in [0.05, 0.1) is 16.5 Å². The molecule has 33 heavy (non-hydrogen) atoms. The molecule has 1 fully saturated rings. The van der Waals surface area contributed by atoms with Crippen LogP contribution in [0.3, 0.4) is 0 Å². The summed E-state index contributed by atoms with van der Waals surface area (Å²) in [5.41, 5.74) is 2.16. The molecule has 1 unspecified atom stereocenters. The number of halogens is 1. The lowest BCUT2D eigenvalue weighted by Gasteiger charge is -2.30. The first-order chi connectivity index (χ1) is 15.8. The van der Waals surface area contributed by atoms with Gasteiger partial charge in [-0.15, -0.1) is 5.10 Å². The Balaban J connectivity index is 1.38. The molecule has 8 nitrogen and oxygen atoms in total. The Morgan fingerprint density at radius 3 is 2.55 bits per heavy atom. The number of amides is 1. The van der Waals surface area contributed by atoms with E-state index in [1.54, 1.807) is 30.3 Å². The van der Waals surface area contributed by atoms with Crippen LogP contribution in [0.5, 0.6) is 0 Å². The van der Waals surface area contributed by atoms with Crippen LogP contribution in [0.1, 0.15) is 44.7 Å². The van der Waals surface area contributed by atoms with Crippen molar-refractivity contribution in [1.29, 1.82) is 0 Å². The van der Waals surface area contributed by atoms with E-state index in [0.29, 0.717) is 24.9 Å². The number of benzene rings is 2. The molecule has 2 aromatic carbocycles. The van der Waals surface area contributed by atoms with Crippen molar-refractivity contribution in [3.63, 3.8) is 0 Å². The Labute approximate surface area is 192 Å². The fourth-order valence-corrected chi connectivity index (χ4v) is 5.51. The minimum atomic E-state index is -3.69. The molecule has 2 heterocycles. The average Bonchev–Trinajstić information content (AvgIpc) is 3.26. The van der Waals surface area contributed by atoms with Gasteiger partial charge in [-0.1, -0.05) is 24.3 Å². The molecule has 4 rings (SSSR count). The summed E-state index contributed by atoms with van der Waals surface area (Å²) in [7, 11) is -3.69. The summed E-state index contributed by atoms with van der Waals surface area (Å²) in [5.74, 6) is -0.688. The Morgan fingerprint density at radius 1 is 1.18 bits per heavy atom. The largest absolute Gasteiger partial charge is 0.352 e. The van der Waals surface area contributed by atoms with Crippen molar-refractivity contribution in [2.75, 3.05) is 13.1 Å². The number of piperidine rings is 1. The van der Waals surface area contributed by atoms with Crippen molar-refractivity contribution in [3.05, 3.63) is 53.8 Å². The quantitative estimate of drug-likeness (QED) is 0.568. The smallest absolute Gasteiger partial charge is 0.243 e. The van der Waals surface area contributed by atoms with Crippen LogP contribution in [0, 0.1) is 11.7 Å². The third-order valence-electron chi connectivity index (χ3n) is 6.29. The minimum Gasteiger partial charge on any atom is -0.352 e. The van der Waals surface area contributed by atoms with Crippen LogP contribution in [0.25, 0.3) is 11.0 Å². The lowest BCUT2D eigenvalue weighted by Crippen LogP contribution is -2.42. The van der Waals surface area contributed by atoms with Gasteiger partial charge < -0.3 is 5.32 Å². The molecule has 0 radical (unpaired) electrons. The number of nitrogens with zero attached hydrogens (tertiary/aromatic N) is 4. The molecule has 176 valence electrons. The maximum absolute atomic E-state index is 13.2. The second kappa shape index (κ2) is 9.56. The normalized spacial score (nSPS) is 16.7. The predicted octanol–water partition coefficient (Wildman–Crippen LogP) is 3.26. The number of fused-ring (bicyclic) bond motifs is 1. The third kappa shape index (κ3) is 4.91. The van der Waals surface area contributed by atoms with Crippen LogP contribution in [0.15, 0.2) is 47.4 Å². The topological polar surface area (TPSA) is 97.2 Å². The number of rotatable bonds is 7. The van der Waals surface area contributed by atoms with Crippen molar-refractivity contribution in [2.45, 2.75) is 50.6 Å². The van der Waals surface area contributed by atoms with Gasteiger partial charge in [-0.25, -0.2) is 17.5 Å². The molecule has 0 spiro atoms. The van der Waals surface area contributed by atoms with Gasteiger partial charge in [0.2, 0.25) is 15.9 Å². The SMILES string of the molecule is CCC(C)n1nnc2cc(S(=O)(=O)N3CCC(C(=O)NCc4ccc(F)cc4)CC3)ccc21. The minimum absolute atomic E-state index is 0.112. The van der Waals surface area contributed by atoms with Crippen LogP contribution >= 0.6 is 0 Å². The molecule has 1 aliphatic heterocycles. The van der Waals surface area contributed by atoms with Gasteiger partial charge in [0.1, 0.15) is 11.3 Å². The zero-order valence-electron chi connectivity index (χ0n) is 18.7. The molecule has 1 aromatic heterocycles. The maximum Gasteiger partial charge on any atom is 0.243 e. The first-order valence-electron chi connectivity index (χ1n) is 11.2. The van der Waals surface area contributed by atoms with Crippen molar-refractivity contribution < 1.29 is 17.6 Å². The summed E-state index contributed by atoms with van der Waals surface area (Å²) in [6, 6.07) is 11.1. The average molecular weight is 474 g/mol. The van der Waals surface area contributed by atoms with E-state index in [-0.39, 0.29) is 41.7 Å². The molecule has 0 aliphatic carbocycles. The number of hydrogen-bond acceptors (Lipinski definition) is 5. The van der Waals surface area contributed by atoms with E-state index >= 15 is 0 Å². The second-order valence-corrected chi connectivity index (χ2v) is 10.4. The zero-order chi connectivity index (χ0) is 23.6. The summed E-state index contributed by atoms with van der Waals surface area (Å²) >= 11 is 0. The number of nitrogens with one attached hydrogen (secondary N) is 1. The Hall–Kier alpha value is -2.85. The number of carbonyl (C=O) groups is 1. The van der Waals surface area contributed by atoms with E-state index < -0.39 is 10.0 Å². The highest BCUT2D eigenvalue weighted by Gasteiger charge is 2.32. The maximum atomic E-state index is 13.2. The fraction of sp³-hybridized carbons (Fsp3) is 0.435. The van der Waals surface area contributed by atoms with Crippen molar-refractivity contribution in [3.8, 4) is 0 Å². The molecule has 1 atom stereocenters. The monoisotopic (exact) mass is 473 g/mol. The number of carbonyl (C=O) groups excluding carboxylic acids is 1. The fourth-order valence-electron chi connectivity index (χ4n) is 4.02. The van der Waals surface area contributed by atoms with Gasteiger partial charge in [0.15, 0.2) is 0 Å². The van der Waals surface area contributed by atoms with E-state index in [1.165, 1.54) is 16.4 Å². The van der Waals surface area contributed by atoms with Gasteiger partial charge in [-0.05, 0) is 62.1 Å². The van der Waals surface area contributed by atoms with E-state index in [0.717, 1.165) is 17.5 Å². The molecule has 1 amide bonds. The van der Waals surface area contributed by atoms with Gasteiger partial charge in [-0.3, -0.25) is 4.79 Å². The lowest BCUT2D eigenvalue weighted by atomic mass is 9.97. The number of sulfonamides is 1. The summed E-state index contributed by atoms with van der Waals surface area (Å²) in [4.78, 5) is 12.7. The van der Waals surface area contributed by atoms with Gasteiger partial charge in [-0.2, -0.15) is 4.31 Å². The summed E-state index contributed by atoms with van der Waals surface area (Å²) in [5, 5.41) is 11.2. The van der Waals surface area contributed by atoms with Crippen LogP contribution in [0.2, 0.25) is 0 Å². The van der Waals surface area contributed by atoms with Crippen LogP contribution in [-0.4, -0.2) is 46.7 Å². The lowest BCUT2D eigenvalue weighted by molar-refractivity contribution is -0.126. The molecule has 3 aromatic rings. The molecular formula is C23H28FN5O3S. The molecule has 1 saturated heterocycles. The second-order valence-electron chi connectivity index (χ2n) is 8.46. The molecular weight excluding hydrogens is 445 g/mol. The van der Waals surface area contributed by atoms with Crippen molar-refractivity contribution >= 4 is 27.0 Å². The summed E-state index contributed by atoms with van der Waals surface area (Å²) < 4.78 is 42.6. The van der Waals surface area contributed by atoms with Crippen LogP contribution in [0.4, 0.5) is 4.39 Å². The van der Waals surface area contributed by atoms with E-state index in [1.807, 2.05) is 11.6 Å². The highest BCUT2D eigenvalue weighted by molar-refractivity contribution is 7.89. The number of hydrogen-bond donors (Lipinski definition) is 1. The van der Waals surface area contributed by atoms with Gasteiger partial charge in [0, 0.05) is 25.6 Å². The standard InChI is InChI=1S/C23H28FN5O3S/c1-3-16(2)29-22-9-8-20(14-21(22)26-27-29)33(31,32)28-12-10-18(11-13-28)23(30)25-15-17-4-6-19(24)7-5-17/h4-9,14,16,18H,3,10-13,15H2,1-2H3,(H,25,30). The highest BCUT2D eigenvalue weighted by Crippen LogP contribution is 2.27. The predicted molar refractivity (Wildman–Crippen MR) is 122 cm³/mol. The molecule has 1 aliphatic rings. The van der Waals surface area contributed by atoms with Crippen molar-refractivity contribution in [2.24, 2.45) is 5.92 Å². The van der Waals surface area contributed by atoms with E-state index in [2.05, 4.69) is 22.6 Å². The first-order valence-corrected chi connectivity index (χ1v) is 12.6. The third-order valence-corrected chi connectivity index (χ3v) is 8.19. The molecule has 0 bridgehead atoms. The summed E-state index contributed by atoms with van der Waals surface area (Å²) in [6.45, 7) is 4.96. The van der Waals surface area contributed by atoms with Gasteiger partial charge >= 0.3 is 0 Å². The van der Waals surface area contributed by atoms with Crippen molar-refractivity contribution in [1.82, 2.24) is 24.6 Å². The molecule has 10 heteroatoms. The number of aromatic nitrogens is 3. The van der Waals surface area contributed by atoms with Crippen LogP contribution < -0.4 is 5.32 Å². The first kappa shape index (κ1) is 23.3. The van der Waals surface area contributed by atoms with E-state index in [4.69, 9.17) is 0 Å². The van der Waals surface area contributed by atoms with Gasteiger partial charge in [0.25, 0.3) is 0 Å². The Kier molecular flexibility index (Phi) is 6.76. The summed E-state index contributed by atoms with van der Waals surface area (Å²) in [6.07, 6.45) is 1.78. The van der Waals surface area contributed by atoms with E-state index in [9.17, 15) is 17.6 Å². The molecule has 0 saturated carbocycles. The zero-order valence-corrected chi connectivity index (χ0v) is 19.6. The molecule has 1 N–H and O–H groups in total. The highest BCUT2D eigenvalue weighted by atomic mass is 32.2.